The van der Waals surface area contributed by atoms with Crippen molar-refractivity contribution in [3.63, 3.8) is 0 Å². The van der Waals surface area contributed by atoms with Gasteiger partial charge in [-0.3, -0.25) is 9.89 Å². The van der Waals surface area contributed by atoms with Crippen molar-refractivity contribution in [1.29, 1.82) is 0 Å². The maximum Gasteiger partial charge on any atom is 0.191 e. The average molecular weight is 460 g/mol. The Morgan fingerprint density at radius 1 is 1.24 bits per heavy atom. The summed E-state index contributed by atoms with van der Waals surface area (Å²) in [5, 5.41) is 16.4. The standard InChI is InChI=1S/C19H32N4O.HI/c1-3-20-19(21-12-13-23(4-2)18-10-11-18)22-14-17(15-24)16-8-6-5-7-9-16;/h5-9,17-18,24H,3-4,10-15H2,1-2H3,(H2,20,21,22);1H. The van der Waals surface area contributed by atoms with Crippen molar-refractivity contribution < 1.29 is 5.11 Å². The summed E-state index contributed by atoms with van der Waals surface area (Å²) >= 11 is 0. The second kappa shape index (κ2) is 12.5. The van der Waals surface area contributed by atoms with Crippen LogP contribution in [0.2, 0.25) is 0 Å². The molecule has 0 saturated heterocycles. The lowest BCUT2D eigenvalue weighted by Gasteiger charge is -2.21. The minimum atomic E-state index is 0. The number of rotatable bonds is 10. The van der Waals surface area contributed by atoms with E-state index >= 15 is 0 Å². The molecule has 1 aromatic carbocycles. The Morgan fingerprint density at radius 3 is 2.52 bits per heavy atom. The van der Waals surface area contributed by atoms with Crippen LogP contribution in [0.1, 0.15) is 38.2 Å². The molecule has 1 aliphatic rings. The molecule has 2 rings (SSSR count). The van der Waals surface area contributed by atoms with Crippen LogP contribution in [0.15, 0.2) is 35.3 Å². The van der Waals surface area contributed by atoms with E-state index in [-0.39, 0.29) is 36.5 Å². The van der Waals surface area contributed by atoms with Gasteiger partial charge in [0.1, 0.15) is 0 Å². The molecule has 0 heterocycles. The first kappa shape index (κ1) is 22.2. The van der Waals surface area contributed by atoms with Gasteiger partial charge in [-0.2, -0.15) is 0 Å². The number of hydrogen-bond acceptors (Lipinski definition) is 3. The zero-order valence-electron chi connectivity index (χ0n) is 15.4. The summed E-state index contributed by atoms with van der Waals surface area (Å²) in [6.45, 7) is 8.87. The second-order valence-corrected chi connectivity index (χ2v) is 6.30. The van der Waals surface area contributed by atoms with Crippen LogP contribution >= 0.6 is 24.0 Å². The minimum absolute atomic E-state index is 0. The van der Waals surface area contributed by atoms with Crippen molar-refractivity contribution in [2.45, 2.75) is 38.6 Å². The SMILES string of the molecule is CCNC(=NCC(CO)c1ccccc1)NCCN(CC)C1CC1.I. The zero-order chi connectivity index (χ0) is 17.2. The summed E-state index contributed by atoms with van der Waals surface area (Å²) in [5.41, 5.74) is 1.13. The maximum atomic E-state index is 9.65. The molecule has 3 N–H and O–H groups in total. The van der Waals surface area contributed by atoms with Gasteiger partial charge < -0.3 is 15.7 Å². The Hall–Kier alpha value is -0.860. The lowest BCUT2D eigenvalue weighted by molar-refractivity contribution is 0.268. The van der Waals surface area contributed by atoms with Crippen molar-refractivity contribution in [3.8, 4) is 0 Å². The van der Waals surface area contributed by atoms with Gasteiger partial charge in [0.15, 0.2) is 5.96 Å². The lowest BCUT2D eigenvalue weighted by atomic mass is 10.0. The Bertz CT molecular complexity index is 493. The molecule has 5 nitrogen and oxygen atoms in total. The molecule has 0 aliphatic heterocycles. The fourth-order valence-electron chi connectivity index (χ4n) is 2.89. The van der Waals surface area contributed by atoms with Gasteiger partial charge in [-0.05, 0) is 31.9 Å². The van der Waals surface area contributed by atoms with Crippen LogP contribution in [0.4, 0.5) is 0 Å². The Morgan fingerprint density at radius 2 is 1.96 bits per heavy atom. The molecule has 0 aromatic heterocycles. The molecule has 25 heavy (non-hydrogen) atoms. The zero-order valence-corrected chi connectivity index (χ0v) is 17.8. The molecule has 1 atom stereocenters. The molecule has 0 bridgehead atoms. The predicted octanol–water partition coefficient (Wildman–Crippen LogP) is 2.42. The third-order valence-corrected chi connectivity index (χ3v) is 4.47. The van der Waals surface area contributed by atoms with E-state index in [1.54, 1.807) is 0 Å². The molecule has 1 fully saturated rings. The molecule has 0 radical (unpaired) electrons. The third kappa shape index (κ3) is 7.92. The van der Waals surface area contributed by atoms with E-state index in [4.69, 9.17) is 0 Å². The number of likely N-dealkylation sites (N-methyl/N-ethyl adjacent to an activating group) is 1. The molecule has 1 aromatic rings. The fourth-order valence-corrected chi connectivity index (χ4v) is 2.89. The van der Waals surface area contributed by atoms with E-state index in [0.717, 1.165) is 43.7 Å². The monoisotopic (exact) mass is 460 g/mol. The normalized spacial score (nSPS) is 15.6. The van der Waals surface area contributed by atoms with Gasteiger partial charge >= 0.3 is 0 Å². The summed E-state index contributed by atoms with van der Waals surface area (Å²) < 4.78 is 0. The van der Waals surface area contributed by atoms with Crippen LogP contribution in [-0.4, -0.2) is 61.3 Å². The number of benzene rings is 1. The summed E-state index contributed by atoms with van der Waals surface area (Å²) in [7, 11) is 0. The maximum absolute atomic E-state index is 9.65. The molecule has 1 unspecified atom stereocenters. The average Bonchev–Trinajstić information content (AvgIpc) is 3.45. The third-order valence-electron chi connectivity index (χ3n) is 4.47. The van der Waals surface area contributed by atoms with Gasteiger partial charge in [0, 0.05) is 31.6 Å². The highest BCUT2D eigenvalue weighted by Crippen LogP contribution is 2.25. The molecule has 142 valence electrons. The summed E-state index contributed by atoms with van der Waals surface area (Å²) in [6.07, 6.45) is 2.69. The van der Waals surface area contributed by atoms with Crippen molar-refractivity contribution in [2.75, 3.05) is 39.3 Å². The quantitative estimate of drug-likeness (QED) is 0.285. The number of hydrogen-bond donors (Lipinski definition) is 3. The van der Waals surface area contributed by atoms with Crippen LogP contribution in [0, 0.1) is 0 Å². The van der Waals surface area contributed by atoms with Gasteiger partial charge in [0.25, 0.3) is 0 Å². The second-order valence-electron chi connectivity index (χ2n) is 6.30. The Kier molecular flexibility index (Phi) is 11.1. The van der Waals surface area contributed by atoms with Gasteiger partial charge in [0.05, 0.1) is 13.2 Å². The van der Waals surface area contributed by atoms with Crippen LogP contribution < -0.4 is 10.6 Å². The highest BCUT2D eigenvalue weighted by atomic mass is 127. The van der Waals surface area contributed by atoms with E-state index in [2.05, 4.69) is 34.4 Å². The first-order valence-corrected chi connectivity index (χ1v) is 9.20. The van der Waals surface area contributed by atoms with Gasteiger partial charge in [0.2, 0.25) is 0 Å². The Balaban J connectivity index is 0.00000312. The highest BCUT2D eigenvalue weighted by molar-refractivity contribution is 14.0. The molecule has 6 heteroatoms. The van der Waals surface area contributed by atoms with Crippen LogP contribution in [0.5, 0.6) is 0 Å². The molecule has 0 spiro atoms. The lowest BCUT2D eigenvalue weighted by Crippen LogP contribution is -2.42. The number of aliphatic hydroxyl groups is 1. The molecule has 1 aliphatic carbocycles. The fraction of sp³-hybridized carbons (Fsp3) is 0.632. The number of aliphatic hydroxyl groups excluding tert-OH is 1. The van der Waals surface area contributed by atoms with Gasteiger partial charge in [-0.1, -0.05) is 37.3 Å². The van der Waals surface area contributed by atoms with E-state index in [1.165, 1.54) is 12.8 Å². The number of nitrogens with zero attached hydrogens (tertiary/aromatic N) is 2. The van der Waals surface area contributed by atoms with Crippen LogP contribution in [0.3, 0.4) is 0 Å². The van der Waals surface area contributed by atoms with E-state index in [9.17, 15) is 5.11 Å². The predicted molar refractivity (Wildman–Crippen MR) is 116 cm³/mol. The van der Waals surface area contributed by atoms with E-state index in [0.29, 0.717) is 6.54 Å². The molecular weight excluding hydrogens is 427 g/mol. The first-order chi connectivity index (χ1) is 11.8. The van der Waals surface area contributed by atoms with Gasteiger partial charge in [-0.15, -0.1) is 24.0 Å². The van der Waals surface area contributed by atoms with Crippen molar-refractivity contribution in [1.82, 2.24) is 15.5 Å². The summed E-state index contributed by atoms with van der Waals surface area (Å²) in [4.78, 5) is 7.18. The topological polar surface area (TPSA) is 59.9 Å². The smallest absolute Gasteiger partial charge is 0.191 e. The van der Waals surface area contributed by atoms with E-state index < -0.39 is 0 Å². The molecule has 1 saturated carbocycles. The van der Waals surface area contributed by atoms with Gasteiger partial charge in [-0.25, -0.2) is 0 Å². The molecule has 0 amide bonds. The van der Waals surface area contributed by atoms with Crippen molar-refractivity contribution in [2.24, 2.45) is 4.99 Å². The number of aliphatic imine (C=N–C) groups is 1. The minimum Gasteiger partial charge on any atom is -0.396 e. The number of guanidine groups is 1. The first-order valence-electron chi connectivity index (χ1n) is 9.20. The molecular formula is C19H33IN4O. The highest BCUT2D eigenvalue weighted by Gasteiger charge is 2.27. The van der Waals surface area contributed by atoms with Crippen LogP contribution in [-0.2, 0) is 0 Å². The number of halogens is 1. The summed E-state index contributed by atoms with van der Waals surface area (Å²) in [6, 6.07) is 10.9. The van der Waals surface area contributed by atoms with E-state index in [1.807, 2.05) is 30.3 Å². The Labute approximate surface area is 169 Å². The van der Waals surface area contributed by atoms with Crippen molar-refractivity contribution in [3.05, 3.63) is 35.9 Å². The number of nitrogens with one attached hydrogen (secondary N) is 2. The van der Waals surface area contributed by atoms with Crippen molar-refractivity contribution >= 4 is 29.9 Å². The van der Waals surface area contributed by atoms with Crippen LogP contribution in [0.25, 0.3) is 0 Å². The summed E-state index contributed by atoms with van der Waals surface area (Å²) in [5.74, 6) is 0.874. The largest absolute Gasteiger partial charge is 0.396 e.